The van der Waals surface area contributed by atoms with Gasteiger partial charge in [0, 0.05) is 5.92 Å². The van der Waals surface area contributed by atoms with Crippen LogP contribution in [0, 0.1) is 0 Å². The Hall–Kier alpha value is -2.09. The summed E-state index contributed by atoms with van der Waals surface area (Å²) < 4.78 is 2.43. The van der Waals surface area contributed by atoms with Crippen LogP contribution in [0.15, 0.2) is 54.6 Å². The number of hydrogen-bond donors (Lipinski definition) is 0. The van der Waals surface area contributed by atoms with Gasteiger partial charge in [0.25, 0.3) is 0 Å². The van der Waals surface area contributed by atoms with E-state index in [1.54, 1.807) is 0 Å². The Labute approximate surface area is 119 Å². The van der Waals surface area contributed by atoms with E-state index in [0.717, 1.165) is 5.52 Å². The van der Waals surface area contributed by atoms with E-state index in [0.29, 0.717) is 12.0 Å². The van der Waals surface area contributed by atoms with Gasteiger partial charge in [0.1, 0.15) is 5.82 Å². The maximum Gasteiger partial charge on any atom is 0.113 e. The van der Waals surface area contributed by atoms with E-state index in [4.69, 9.17) is 4.98 Å². The van der Waals surface area contributed by atoms with Crippen molar-refractivity contribution in [2.24, 2.45) is 0 Å². The van der Waals surface area contributed by atoms with Crippen molar-refractivity contribution in [3.05, 3.63) is 66.0 Å². The number of hydrogen-bond acceptors (Lipinski definition) is 1. The maximum atomic E-state index is 4.88. The Morgan fingerprint density at radius 3 is 2.45 bits per heavy atom. The van der Waals surface area contributed by atoms with Crippen LogP contribution in [0.2, 0.25) is 0 Å². The molecule has 3 aromatic rings. The van der Waals surface area contributed by atoms with Gasteiger partial charge in [-0.2, -0.15) is 0 Å². The lowest BCUT2D eigenvalue weighted by Gasteiger charge is -2.18. The molecule has 2 aromatic carbocycles. The minimum absolute atomic E-state index is 0.333. The lowest BCUT2D eigenvalue weighted by Crippen LogP contribution is -2.10. The monoisotopic (exact) mass is 262 g/mol. The Balaban J connectivity index is 1.91. The molecule has 100 valence electrons. The zero-order valence-electron chi connectivity index (χ0n) is 11.7. The molecule has 0 aliphatic heterocycles. The molecular weight excluding hydrogens is 244 g/mol. The van der Waals surface area contributed by atoms with Crippen molar-refractivity contribution in [3.8, 4) is 0 Å². The first kappa shape index (κ1) is 11.7. The summed E-state index contributed by atoms with van der Waals surface area (Å²) in [6.07, 6.45) is 2.57. The molecule has 1 aliphatic carbocycles. The van der Waals surface area contributed by atoms with E-state index < -0.39 is 0 Å². The molecule has 0 radical (unpaired) electrons. The quantitative estimate of drug-likeness (QED) is 0.678. The lowest BCUT2D eigenvalue weighted by molar-refractivity contribution is 0.620. The Morgan fingerprint density at radius 1 is 1.00 bits per heavy atom. The van der Waals surface area contributed by atoms with Crippen molar-refractivity contribution in [1.29, 1.82) is 0 Å². The third kappa shape index (κ3) is 1.83. The molecular formula is C18H18N2. The molecule has 0 spiro atoms. The van der Waals surface area contributed by atoms with Gasteiger partial charge in [-0.05, 0) is 37.5 Å². The Kier molecular flexibility index (Phi) is 2.62. The van der Waals surface area contributed by atoms with Crippen LogP contribution in [0.1, 0.15) is 43.1 Å². The SMILES string of the molecule is CC(c1ccccc1)n1c(C2CC2)nc2ccccc21. The number of aromatic nitrogens is 2. The highest BCUT2D eigenvalue weighted by Crippen LogP contribution is 2.42. The van der Waals surface area contributed by atoms with E-state index >= 15 is 0 Å². The van der Waals surface area contributed by atoms with Gasteiger partial charge in [0.15, 0.2) is 0 Å². The fourth-order valence-corrected chi connectivity index (χ4v) is 2.98. The molecule has 1 atom stereocenters. The van der Waals surface area contributed by atoms with Crippen molar-refractivity contribution in [3.63, 3.8) is 0 Å². The van der Waals surface area contributed by atoms with Crippen LogP contribution in [0.25, 0.3) is 11.0 Å². The van der Waals surface area contributed by atoms with Crippen molar-refractivity contribution in [2.75, 3.05) is 0 Å². The summed E-state index contributed by atoms with van der Waals surface area (Å²) in [4.78, 5) is 4.88. The highest BCUT2D eigenvalue weighted by Gasteiger charge is 2.31. The van der Waals surface area contributed by atoms with Crippen molar-refractivity contribution in [1.82, 2.24) is 9.55 Å². The van der Waals surface area contributed by atoms with Gasteiger partial charge in [-0.1, -0.05) is 42.5 Å². The van der Waals surface area contributed by atoms with Gasteiger partial charge in [-0.25, -0.2) is 4.98 Å². The highest BCUT2D eigenvalue weighted by molar-refractivity contribution is 5.76. The van der Waals surface area contributed by atoms with Crippen LogP contribution in [0.5, 0.6) is 0 Å². The number of rotatable bonds is 3. The van der Waals surface area contributed by atoms with E-state index in [1.165, 1.54) is 29.7 Å². The van der Waals surface area contributed by atoms with Gasteiger partial charge >= 0.3 is 0 Å². The van der Waals surface area contributed by atoms with Crippen molar-refractivity contribution in [2.45, 2.75) is 31.7 Å². The van der Waals surface area contributed by atoms with Crippen LogP contribution < -0.4 is 0 Å². The second-order valence-corrected chi connectivity index (χ2v) is 5.69. The molecule has 1 heterocycles. The molecule has 0 bridgehead atoms. The average molecular weight is 262 g/mol. The molecule has 2 nitrogen and oxygen atoms in total. The fourth-order valence-electron chi connectivity index (χ4n) is 2.98. The molecule has 1 fully saturated rings. The molecule has 1 saturated carbocycles. The van der Waals surface area contributed by atoms with Gasteiger partial charge < -0.3 is 4.57 Å². The number of imidazole rings is 1. The molecule has 0 amide bonds. The normalized spacial score (nSPS) is 16.4. The fraction of sp³-hybridized carbons (Fsp3) is 0.278. The van der Waals surface area contributed by atoms with Crippen LogP contribution >= 0.6 is 0 Å². The number of fused-ring (bicyclic) bond motifs is 1. The van der Waals surface area contributed by atoms with E-state index in [1.807, 2.05) is 0 Å². The maximum absolute atomic E-state index is 4.88. The second-order valence-electron chi connectivity index (χ2n) is 5.69. The van der Waals surface area contributed by atoms with E-state index in [-0.39, 0.29) is 0 Å². The van der Waals surface area contributed by atoms with Crippen molar-refractivity contribution >= 4 is 11.0 Å². The molecule has 0 N–H and O–H groups in total. The first-order valence-electron chi connectivity index (χ1n) is 7.36. The van der Waals surface area contributed by atoms with Gasteiger partial charge in [-0.3, -0.25) is 0 Å². The van der Waals surface area contributed by atoms with E-state index in [9.17, 15) is 0 Å². The second kappa shape index (κ2) is 4.48. The zero-order valence-corrected chi connectivity index (χ0v) is 11.7. The largest absolute Gasteiger partial charge is 0.320 e. The molecule has 1 aliphatic rings. The standard InChI is InChI=1S/C18H18N2/c1-13(14-7-3-2-4-8-14)20-17-10-6-5-9-16(17)19-18(20)15-11-12-15/h2-10,13,15H,11-12H2,1H3. The molecule has 4 rings (SSSR count). The van der Waals surface area contributed by atoms with Crippen LogP contribution in [0.3, 0.4) is 0 Å². The number of benzene rings is 2. The summed E-state index contributed by atoms with van der Waals surface area (Å²) in [6.45, 7) is 2.27. The summed E-state index contributed by atoms with van der Waals surface area (Å²) in [5.74, 6) is 1.93. The first-order chi connectivity index (χ1) is 9.84. The smallest absolute Gasteiger partial charge is 0.113 e. The summed E-state index contributed by atoms with van der Waals surface area (Å²) in [5, 5.41) is 0. The Bertz CT molecular complexity index is 738. The van der Waals surface area contributed by atoms with Crippen molar-refractivity contribution < 1.29 is 0 Å². The first-order valence-corrected chi connectivity index (χ1v) is 7.36. The summed E-state index contributed by atoms with van der Waals surface area (Å²) >= 11 is 0. The van der Waals surface area contributed by atoms with Crippen LogP contribution in [0.4, 0.5) is 0 Å². The number of nitrogens with zero attached hydrogens (tertiary/aromatic N) is 2. The summed E-state index contributed by atoms with van der Waals surface area (Å²) in [6, 6.07) is 19.5. The van der Waals surface area contributed by atoms with E-state index in [2.05, 4.69) is 66.1 Å². The highest BCUT2D eigenvalue weighted by atomic mass is 15.1. The van der Waals surface area contributed by atoms with Crippen LogP contribution in [-0.2, 0) is 0 Å². The van der Waals surface area contributed by atoms with Crippen LogP contribution in [-0.4, -0.2) is 9.55 Å². The van der Waals surface area contributed by atoms with Gasteiger partial charge in [-0.15, -0.1) is 0 Å². The lowest BCUT2D eigenvalue weighted by atomic mass is 10.1. The summed E-state index contributed by atoms with van der Waals surface area (Å²) in [7, 11) is 0. The minimum atomic E-state index is 0.333. The molecule has 0 saturated heterocycles. The number of para-hydroxylation sites is 2. The topological polar surface area (TPSA) is 17.8 Å². The van der Waals surface area contributed by atoms with Gasteiger partial charge in [0.05, 0.1) is 17.1 Å². The summed E-state index contributed by atoms with van der Waals surface area (Å²) in [5.41, 5.74) is 3.72. The molecule has 20 heavy (non-hydrogen) atoms. The average Bonchev–Trinajstić information content (AvgIpc) is 3.28. The predicted octanol–water partition coefficient (Wildman–Crippen LogP) is 4.52. The minimum Gasteiger partial charge on any atom is -0.320 e. The third-order valence-electron chi connectivity index (χ3n) is 4.23. The zero-order chi connectivity index (χ0) is 13.5. The predicted molar refractivity (Wildman–Crippen MR) is 82.0 cm³/mol. The molecule has 1 unspecified atom stereocenters. The Morgan fingerprint density at radius 2 is 1.70 bits per heavy atom. The van der Waals surface area contributed by atoms with Gasteiger partial charge in [0.2, 0.25) is 0 Å². The third-order valence-corrected chi connectivity index (χ3v) is 4.23. The molecule has 1 aromatic heterocycles. The molecule has 2 heteroatoms.